The van der Waals surface area contributed by atoms with Crippen LogP contribution in [0.15, 0.2) is 42.0 Å². The minimum Gasteiger partial charge on any atom is -0.404 e. The Morgan fingerprint density at radius 2 is 1.94 bits per heavy atom. The van der Waals surface area contributed by atoms with E-state index in [0.717, 1.165) is 18.4 Å². The van der Waals surface area contributed by atoms with Gasteiger partial charge in [-0.05, 0) is 68.9 Å². The molecule has 3 heterocycles. The number of carbonyl (C=O) groups is 2. The fraction of sp³-hybridized carbons (Fsp3) is 0.686. The van der Waals surface area contributed by atoms with Gasteiger partial charge >= 0.3 is 7.12 Å². The summed E-state index contributed by atoms with van der Waals surface area (Å²) in [4.78, 5) is 30.1. The van der Waals surface area contributed by atoms with E-state index in [-0.39, 0.29) is 62.1 Å². The normalized spacial score (nSPS) is 32.3. The number of ether oxygens (including phenoxy) is 1. The van der Waals surface area contributed by atoms with E-state index in [1.54, 1.807) is 18.7 Å². The van der Waals surface area contributed by atoms with E-state index in [9.17, 15) is 23.6 Å². The first-order valence-corrected chi connectivity index (χ1v) is 16.9. The second-order valence-corrected chi connectivity index (χ2v) is 15.5. The van der Waals surface area contributed by atoms with Gasteiger partial charge in [0.15, 0.2) is 0 Å². The lowest BCUT2D eigenvalue weighted by atomic mass is 9.43. The van der Waals surface area contributed by atoms with Crippen molar-refractivity contribution in [2.45, 2.75) is 102 Å². The third-order valence-corrected chi connectivity index (χ3v) is 11.6. The molecule has 3 saturated carbocycles. The van der Waals surface area contributed by atoms with E-state index in [0.29, 0.717) is 18.3 Å². The summed E-state index contributed by atoms with van der Waals surface area (Å²) < 4.78 is 47.0. The predicted molar refractivity (Wildman–Crippen MR) is 172 cm³/mol. The number of amides is 2. The minimum atomic E-state index is -2.79. The SMILES string of the molecule is CC1(C)[C@@H]2C[C@H]3OB([C@H](Cc4ccccc4)NC(=O)C[C@@H]4CN(C(=O)C(C#N)=CC(C)(C)N5CCC(F)(F)C5)CCO4)O[C@@]3(C)[C@H]1C2. The zero-order valence-corrected chi connectivity index (χ0v) is 28.1. The number of alkyl halides is 2. The van der Waals surface area contributed by atoms with Crippen molar-refractivity contribution in [3.8, 4) is 6.07 Å². The Morgan fingerprint density at radius 1 is 1.19 bits per heavy atom. The summed E-state index contributed by atoms with van der Waals surface area (Å²) in [7, 11) is -0.600. The zero-order valence-electron chi connectivity index (χ0n) is 28.1. The largest absolute Gasteiger partial charge is 0.482 e. The molecule has 6 atom stereocenters. The maximum absolute atomic E-state index is 13.9. The Balaban J connectivity index is 1.10. The Kier molecular flexibility index (Phi) is 9.09. The third-order valence-electron chi connectivity index (χ3n) is 11.6. The van der Waals surface area contributed by atoms with Crippen LogP contribution in [0.25, 0.3) is 0 Å². The summed E-state index contributed by atoms with van der Waals surface area (Å²) in [5, 5.41) is 13.0. The second kappa shape index (κ2) is 12.6. The van der Waals surface area contributed by atoms with Gasteiger partial charge in [0.1, 0.15) is 11.6 Å². The molecule has 12 heteroatoms. The maximum Gasteiger partial charge on any atom is 0.482 e. The number of likely N-dealkylation sites (tertiary alicyclic amines) is 1. The highest BCUT2D eigenvalue weighted by molar-refractivity contribution is 6.48. The van der Waals surface area contributed by atoms with Gasteiger partial charge in [-0.15, -0.1) is 0 Å². The van der Waals surface area contributed by atoms with Crippen molar-refractivity contribution in [1.29, 1.82) is 5.26 Å². The lowest BCUT2D eigenvalue weighted by molar-refractivity contribution is -0.199. The van der Waals surface area contributed by atoms with Crippen molar-refractivity contribution in [1.82, 2.24) is 15.1 Å². The minimum absolute atomic E-state index is 0.0141. The lowest BCUT2D eigenvalue weighted by Gasteiger charge is -2.64. The monoisotopic (exact) mass is 652 g/mol. The fourth-order valence-corrected chi connectivity index (χ4v) is 8.64. The molecule has 0 spiro atoms. The number of benzene rings is 1. The molecular formula is C35H47BF2N4O5. The molecule has 254 valence electrons. The van der Waals surface area contributed by atoms with Crippen molar-refractivity contribution in [2.24, 2.45) is 17.3 Å². The number of nitriles is 1. The van der Waals surface area contributed by atoms with Crippen molar-refractivity contribution in [3.63, 3.8) is 0 Å². The van der Waals surface area contributed by atoms with Crippen LogP contribution in [-0.4, -0.2) is 96.7 Å². The Morgan fingerprint density at radius 3 is 2.60 bits per heavy atom. The Hall–Kier alpha value is -2.85. The summed E-state index contributed by atoms with van der Waals surface area (Å²) in [6, 6.07) is 11.9. The fourth-order valence-electron chi connectivity index (χ4n) is 8.64. The van der Waals surface area contributed by atoms with Crippen LogP contribution < -0.4 is 5.32 Å². The van der Waals surface area contributed by atoms with E-state index in [1.807, 2.05) is 36.4 Å². The second-order valence-electron chi connectivity index (χ2n) is 15.5. The van der Waals surface area contributed by atoms with Gasteiger partial charge in [-0.25, -0.2) is 8.78 Å². The van der Waals surface area contributed by atoms with Crippen LogP contribution in [0.5, 0.6) is 0 Å². The molecule has 3 aliphatic heterocycles. The highest BCUT2D eigenvalue weighted by Crippen LogP contribution is 2.65. The molecular weight excluding hydrogens is 605 g/mol. The summed E-state index contributed by atoms with van der Waals surface area (Å²) in [6.45, 7) is 10.6. The number of nitrogens with one attached hydrogen (secondary N) is 1. The molecule has 3 aliphatic carbocycles. The lowest BCUT2D eigenvalue weighted by Crippen LogP contribution is -2.65. The van der Waals surface area contributed by atoms with Gasteiger partial charge in [0.05, 0.1) is 43.3 Å². The molecule has 3 saturated heterocycles. The number of carbonyl (C=O) groups excluding carboxylic acids is 2. The Labute approximate surface area is 277 Å². The molecule has 0 unspecified atom stereocenters. The molecule has 9 nitrogen and oxygen atoms in total. The third kappa shape index (κ3) is 6.74. The Bertz CT molecular complexity index is 1430. The van der Waals surface area contributed by atoms with Crippen molar-refractivity contribution < 1.29 is 32.4 Å². The molecule has 1 N–H and O–H groups in total. The summed E-state index contributed by atoms with van der Waals surface area (Å²) in [5.74, 6) is -2.95. The standard InChI is InChI=1S/C35H47BF2N4O5/c1-32(2,42-12-11-35(37,38)22-42)19-24(20-39)31(44)41-13-14-45-26(21-41)18-30(43)40-29(15-23-9-7-6-8-10-23)36-46-28-17-25-16-27(33(25,3)4)34(28,5)47-36/h6-10,19,25-29H,11-18,21-22H2,1-5H3,(H,40,43)/t25-,26+,27-,28+,29-,34-/m0/s1. The van der Waals surface area contributed by atoms with Gasteiger partial charge in [-0.1, -0.05) is 44.2 Å². The van der Waals surface area contributed by atoms with Gasteiger partial charge in [-0.3, -0.25) is 14.5 Å². The smallest absolute Gasteiger partial charge is 0.404 e. The van der Waals surface area contributed by atoms with E-state index in [4.69, 9.17) is 14.0 Å². The molecule has 7 rings (SSSR count). The first-order valence-electron chi connectivity index (χ1n) is 16.9. The van der Waals surface area contributed by atoms with Gasteiger partial charge < -0.3 is 24.3 Å². The van der Waals surface area contributed by atoms with Gasteiger partial charge in [0, 0.05) is 31.6 Å². The zero-order chi connectivity index (χ0) is 33.8. The quantitative estimate of drug-likeness (QED) is 0.243. The van der Waals surface area contributed by atoms with Gasteiger partial charge in [0.25, 0.3) is 11.8 Å². The summed E-state index contributed by atoms with van der Waals surface area (Å²) in [6.07, 6.45) is 3.26. The topological polar surface area (TPSA) is 104 Å². The average molecular weight is 653 g/mol. The molecule has 2 amide bonds. The van der Waals surface area contributed by atoms with Crippen molar-refractivity contribution in [3.05, 3.63) is 47.5 Å². The van der Waals surface area contributed by atoms with Crippen LogP contribution in [-0.2, 0) is 30.1 Å². The van der Waals surface area contributed by atoms with E-state index < -0.39 is 48.7 Å². The van der Waals surface area contributed by atoms with Crippen LogP contribution in [0.1, 0.15) is 65.9 Å². The number of hydrogen-bond acceptors (Lipinski definition) is 7. The number of halogens is 2. The molecule has 0 radical (unpaired) electrons. The first-order chi connectivity index (χ1) is 22.1. The molecule has 6 aliphatic rings. The van der Waals surface area contributed by atoms with Crippen molar-refractivity contribution >= 4 is 18.9 Å². The highest BCUT2D eigenvalue weighted by Gasteiger charge is 2.68. The summed E-state index contributed by atoms with van der Waals surface area (Å²) >= 11 is 0. The van der Waals surface area contributed by atoms with Crippen LogP contribution in [0.4, 0.5) is 8.78 Å². The average Bonchev–Trinajstić information content (AvgIpc) is 3.58. The van der Waals surface area contributed by atoms with Gasteiger partial charge in [0.2, 0.25) is 5.91 Å². The molecule has 1 aromatic carbocycles. The van der Waals surface area contributed by atoms with Crippen LogP contribution >= 0.6 is 0 Å². The highest BCUT2D eigenvalue weighted by atomic mass is 19.3. The predicted octanol–water partition coefficient (Wildman–Crippen LogP) is 4.17. The number of rotatable bonds is 9. The number of morpholine rings is 1. The van der Waals surface area contributed by atoms with E-state index in [2.05, 4.69) is 26.1 Å². The summed E-state index contributed by atoms with van der Waals surface area (Å²) in [5.41, 5.74) is -0.175. The molecule has 47 heavy (non-hydrogen) atoms. The van der Waals surface area contributed by atoms with Crippen LogP contribution in [0.3, 0.4) is 0 Å². The maximum atomic E-state index is 13.9. The molecule has 1 aromatic rings. The van der Waals surface area contributed by atoms with Crippen LogP contribution in [0.2, 0.25) is 0 Å². The molecule has 0 aromatic heterocycles. The van der Waals surface area contributed by atoms with Crippen molar-refractivity contribution in [2.75, 3.05) is 32.8 Å². The van der Waals surface area contributed by atoms with E-state index in [1.165, 1.54) is 11.0 Å². The molecule has 2 bridgehead atoms. The van der Waals surface area contributed by atoms with E-state index >= 15 is 0 Å². The molecule has 6 fully saturated rings. The van der Waals surface area contributed by atoms with Gasteiger partial charge in [-0.2, -0.15) is 5.26 Å². The number of hydrogen-bond donors (Lipinski definition) is 1. The number of nitrogens with zero attached hydrogens (tertiary/aromatic N) is 3. The first kappa shape index (κ1) is 34.0. The van der Waals surface area contributed by atoms with Crippen LogP contribution in [0, 0.1) is 28.6 Å².